The molecule has 1 aliphatic heterocycles. The van der Waals surface area contributed by atoms with Crippen LogP contribution in [0.2, 0.25) is 0 Å². The van der Waals surface area contributed by atoms with Crippen LogP contribution in [0.3, 0.4) is 0 Å². The first-order chi connectivity index (χ1) is 13.0. The molecule has 0 N–H and O–H groups in total. The van der Waals surface area contributed by atoms with Crippen LogP contribution in [0, 0.1) is 6.92 Å². The lowest BCUT2D eigenvalue weighted by Crippen LogP contribution is -2.56. The first-order valence-electron chi connectivity index (χ1n) is 8.66. The summed E-state index contributed by atoms with van der Waals surface area (Å²) in [4.78, 5) is 26.1. The van der Waals surface area contributed by atoms with Crippen LogP contribution in [0.15, 0.2) is 45.6 Å². The molecule has 0 spiro atoms. The molecule has 1 saturated heterocycles. The molecule has 0 aliphatic carbocycles. The van der Waals surface area contributed by atoms with E-state index in [4.69, 9.17) is 13.9 Å². The second-order valence-corrected chi connectivity index (χ2v) is 6.67. The lowest BCUT2D eigenvalue weighted by atomic mass is 10.1. The molecular formula is C20H20N2O5. The van der Waals surface area contributed by atoms with Gasteiger partial charge in [0.25, 0.3) is 11.5 Å². The van der Waals surface area contributed by atoms with Crippen LogP contribution in [0.4, 0.5) is 0 Å². The van der Waals surface area contributed by atoms with Gasteiger partial charge in [0.2, 0.25) is 0 Å². The van der Waals surface area contributed by atoms with E-state index in [2.05, 4.69) is 0 Å². The maximum atomic E-state index is 12.6. The predicted octanol–water partition coefficient (Wildman–Crippen LogP) is 2.35. The molecule has 3 heterocycles. The molecule has 0 atom stereocenters. The van der Waals surface area contributed by atoms with Gasteiger partial charge in [-0.1, -0.05) is 12.1 Å². The van der Waals surface area contributed by atoms with Crippen LogP contribution in [-0.2, 0) is 7.05 Å². The predicted molar refractivity (Wildman–Crippen MR) is 99.5 cm³/mol. The number of methoxy groups -OCH3 is 1. The Bertz CT molecular complexity index is 1080. The highest BCUT2D eigenvalue weighted by Crippen LogP contribution is 2.30. The molecule has 0 radical (unpaired) electrons. The van der Waals surface area contributed by atoms with E-state index in [0.717, 1.165) is 11.1 Å². The summed E-state index contributed by atoms with van der Waals surface area (Å²) in [6.07, 6.45) is -0.139. The number of amides is 1. The second-order valence-electron chi connectivity index (χ2n) is 6.67. The van der Waals surface area contributed by atoms with E-state index in [1.54, 1.807) is 35.8 Å². The Morgan fingerprint density at radius 1 is 1.22 bits per heavy atom. The van der Waals surface area contributed by atoms with Gasteiger partial charge >= 0.3 is 0 Å². The quantitative estimate of drug-likeness (QED) is 0.707. The molecule has 4 rings (SSSR count). The topological polar surface area (TPSA) is 73.9 Å². The average molecular weight is 368 g/mol. The fourth-order valence-corrected chi connectivity index (χ4v) is 3.13. The smallest absolute Gasteiger partial charge is 0.289 e. The molecule has 2 aromatic heterocycles. The molecule has 3 aromatic rings. The zero-order valence-electron chi connectivity index (χ0n) is 15.4. The van der Waals surface area contributed by atoms with Crippen LogP contribution in [0.5, 0.6) is 11.5 Å². The van der Waals surface area contributed by atoms with Gasteiger partial charge in [0, 0.05) is 24.2 Å². The summed E-state index contributed by atoms with van der Waals surface area (Å²) < 4.78 is 18.3. The van der Waals surface area contributed by atoms with Crippen molar-refractivity contribution in [3.05, 3.63) is 58.2 Å². The molecule has 0 unspecified atom stereocenters. The van der Waals surface area contributed by atoms with E-state index in [-0.39, 0.29) is 23.3 Å². The summed E-state index contributed by atoms with van der Waals surface area (Å²) >= 11 is 0. The summed E-state index contributed by atoms with van der Waals surface area (Å²) in [5, 5.41) is 0.821. The van der Waals surface area contributed by atoms with Crippen molar-refractivity contribution in [1.29, 1.82) is 0 Å². The minimum atomic E-state index is -0.187. The van der Waals surface area contributed by atoms with Crippen molar-refractivity contribution in [3.8, 4) is 11.5 Å². The van der Waals surface area contributed by atoms with Gasteiger partial charge in [-0.2, -0.15) is 0 Å². The van der Waals surface area contributed by atoms with Crippen molar-refractivity contribution in [2.24, 2.45) is 7.05 Å². The molecule has 7 nitrogen and oxygen atoms in total. The highest BCUT2D eigenvalue weighted by molar-refractivity contribution is 5.97. The van der Waals surface area contributed by atoms with Gasteiger partial charge in [0.1, 0.15) is 11.9 Å². The number of carbonyl (C=O) groups is 1. The monoisotopic (exact) mass is 368 g/mol. The van der Waals surface area contributed by atoms with E-state index in [9.17, 15) is 9.59 Å². The fourth-order valence-electron chi connectivity index (χ4n) is 3.13. The fraction of sp³-hybridized carbons (Fsp3) is 0.300. The van der Waals surface area contributed by atoms with Crippen LogP contribution in [0.1, 0.15) is 16.2 Å². The van der Waals surface area contributed by atoms with Gasteiger partial charge in [0.15, 0.2) is 17.1 Å². The third-order valence-electron chi connectivity index (χ3n) is 4.85. The Kier molecular flexibility index (Phi) is 4.14. The Morgan fingerprint density at radius 2 is 2.00 bits per heavy atom. The van der Waals surface area contributed by atoms with Gasteiger partial charge in [-0.05, 0) is 25.1 Å². The summed E-state index contributed by atoms with van der Waals surface area (Å²) in [5.41, 5.74) is 1.27. The molecular weight excluding hydrogens is 348 g/mol. The molecule has 1 aromatic carbocycles. The van der Waals surface area contributed by atoms with Crippen molar-refractivity contribution in [2.45, 2.75) is 13.0 Å². The maximum Gasteiger partial charge on any atom is 0.289 e. The number of likely N-dealkylation sites (tertiary alicyclic amines) is 1. The SMILES string of the molecule is COc1cccc2cc(C(=O)N3CC(Oc4cc(C)n(C)c(=O)c4)C3)oc12. The number of furan rings is 1. The minimum Gasteiger partial charge on any atom is -0.493 e. The number of nitrogens with zero attached hydrogens (tertiary/aromatic N) is 2. The molecule has 27 heavy (non-hydrogen) atoms. The summed E-state index contributed by atoms with van der Waals surface area (Å²) in [5.74, 6) is 1.21. The number of carbonyl (C=O) groups excluding carboxylic acids is 1. The summed E-state index contributed by atoms with van der Waals surface area (Å²) in [6.45, 7) is 2.74. The number of benzene rings is 1. The van der Waals surface area contributed by atoms with Crippen LogP contribution in [-0.4, -0.2) is 41.7 Å². The Morgan fingerprint density at radius 3 is 2.70 bits per heavy atom. The number of aromatic nitrogens is 1. The largest absolute Gasteiger partial charge is 0.493 e. The molecule has 1 amide bonds. The van der Waals surface area contributed by atoms with E-state index < -0.39 is 0 Å². The third kappa shape index (κ3) is 3.05. The molecule has 0 bridgehead atoms. The third-order valence-corrected chi connectivity index (χ3v) is 4.85. The molecule has 1 aliphatic rings. The lowest BCUT2D eigenvalue weighted by molar-refractivity contribution is 0.0155. The molecule has 0 saturated carbocycles. The number of rotatable bonds is 4. The number of aryl methyl sites for hydroxylation is 1. The van der Waals surface area contributed by atoms with Crippen LogP contribution in [0.25, 0.3) is 11.0 Å². The van der Waals surface area contributed by atoms with Gasteiger partial charge < -0.3 is 23.4 Å². The highest BCUT2D eigenvalue weighted by atomic mass is 16.5. The summed E-state index contributed by atoms with van der Waals surface area (Å²) in [7, 11) is 3.28. The zero-order valence-corrected chi connectivity index (χ0v) is 15.4. The first-order valence-corrected chi connectivity index (χ1v) is 8.66. The van der Waals surface area contributed by atoms with Gasteiger partial charge in [-0.15, -0.1) is 0 Å². The molecule has 1 fully saturated rings. The number of pyridine rings is 1. The average Bonchev–Trinajstić information content (AvgIpc) is 3.06. The number of hydrogen-bond acceptors (Lipinski definition) is 5. The van der Waals surface area contributed by atoms with E-state index in [0.29, 0.717) is 30.2 Å². The lowest BCUT2D eigenvalue weighted by Gasteiger charge is -2.38. The van der Waals surface area contributed by atoms with Crippen molar-refractivity contribution < 1.29 is 18.7 Å². The van der Waals surface area contributed by atoms with Crippen molar-refractivity contribution in [3.63, 3.8) is 0 Å². The Balaban J connectivity index is 1.44. The van der Waals surface area contributed by atoms with Gasteiger partial charge in [-0.3, -0.25) is 9.59 Å². The Labute approximate surface area is 155 Å². The van der Waals surface area contributed by atoms with Gasteiger partial charge in [0.05, 0.1) is 20.2 Å². The number of hydrogen-bond donors (Lipinski definition) is 0. The normalized spacial score (nSPS) is 14.3. The van der Waals surface area contributed by atoms with Crippen LogP contribution >= 0.6 is 0 Å². The number of para-hydroxylation sites is 1. The Hall–Kier alpha value is -3.22. The molecule has 140 valence electrons. The number of fused-ring (bicyclic) bond motifs is 1. The number of ether oxygens (including phenoxy) is 2. The maximum absolute atomic E-state index is 12.6. The minimum absolute atomic E-state index is 0.117. The van der Waals surface area contributed by atoms with E-state index in [1.165, 1.54) is 6.07 Å². The zero-order chi connectivity index (χ0) is 19.1. The first kappa shape index (κ1) is 17.2. The van der Waals surface area contributed by atoms with Gasteiger partial charge in [-0.25, -0.2) is 0 Å². The highest BCUT2D eigenvalue weighted by Gasteiger charge is 2.34. The molecule has 7 heteroatoms. The summed E-state index contributed by atoms with van der Waals surface area (Å²) in [6, 6.07) is 10.5. The van der Waals surface area contributed by atoms with Crippen molar-refractivity contribution >= 4 is 16.9 Å². The van der Waals surface area contributed by atoms with E-state index in [1.807, 2.05) is 25.1 Å². The van der Waals surface area contributed by atoms with Crippen molar-refractivity contribution in [2.75, 3.05) is 20.2 Å². The van der Waals surface area contributed by atoms with Crippen molar-refractivity contribution in [1.82, 2.24) is 9.47 Å². The second kappa shape index (κ2) is 6.50. The van der Waals surface area contributed by atoms with E-state index >= 15 is 0 Å². The van der Waals surface area contributed by atoms with Crippen LogP contribution < -0.4 is 15.0 Å². The standard InChI is InChI=1S/C20H20N2O5/c1-12-7-14(9-18(23)21(12)2)26-15-10-22(11-15)20(24)17-8-13-5-4-6-16(25-3)19(13)27-17/h4-9,15H,10-11H2,1-3H3.